The lowest BCUT2D eigenvalue weighted by Gasteiger charge is -2.29. The Morgan fingerprint density at radius 2 is 1.90 bits per heavy atom. The van der Waals surface area contributed by atoms with Crippen molar-refractivity contribution in [3.8, 4) is 0 Å². The van der Waals surface area contributed by atoms with Crippen LogP contribution in [0.15, 0.2) is 24.3 Å². The maximum absolute atomic E-state index is 9.66. The zero-order chi connectivity index (χ0) is 14.4. The minimum absolute atomic E-state index is 0.229. The molecule has 1 saturated heterocycles. The van der Waals surface area contributed by atoms with E-state index in [1.807, 2.05) is 6.92 Å². The van der Waals surface area contributed by atoms with E-state index in [1.165, 1.54) is 11.3 Å². The van der Waals surface area contributed by atoms with Gasteiger partial charge in [0.25, 0.3) is 0 Å². The van der Waals surface area contributed by atoms with E-state index in [-0.39, 0.29) is 6.10 Å². The molecule has 1 aliphatic heterocycles. The molecule has 0 aliphatic carbocycles. The molecule has 0 aromatic heterocycles. The number of morpholine rings is 1. The van der Waals surface area contributed by atoms with E-state index in [1.54, 1.807) is 0 Å². The molecule has 1 heterocycles. The number of ether oxygens (including phenoxy) is 1. The van der Waals surface area contributed by atoms with Crippen molar-refractivity contribution in [1.82, 2.24) is 4.90 Å². The molecule has 0 bridgehead atoms. The summed E-state index contributed by atoms with van der Waals surface area (Å²) in [6.45, 7) is 7.19. The third-order valence-electron chi connectivity index (χ3n) is 3.76. The van der Waals surface area contributed by atoms with Gasteiger partial charge in [-0.25, -0.2) is 0 Å². The van der Waals surface area contributed by atoms with Gasteiger partial charge in [-0.2, -0.15) is 0 Å². The molecule has 1 aromatic carbocycles. The van der Waals surface area contributed by atoms with Gasteiger partial charge in [0, 0.05) is 31.9 Å². The SMILES string of the molecule is CC[C@@H](O)CN(C)Cc1ccc(N2CCOCC2)cc1. The van der Waals surface area contributed by atoms with Gasteiger partial charge in [0.2, 0.25) is 0 Å². The van der Waals surface area contributed by atoms with Crippen LogP contribution < -0.4 is 4.90 Å². The molecule has 112 valence electrons. The molecule has 20 heavy (non-hydrogen) atoms. The fraction of sp³-hybridized carbons (Fsp3) is 0.625. The highest BCUT2D eigenvalue weighted by molar-refractivity contribution is 5.47. The van der Waals surface area contributed by atoms with Crippen LogP contribution in [-0.4, -0.2) is 56.0 Å². The number of aliphatic hydroxyl groups excluding tert-OH is 1. The second-order valence-electron chi connectivity index (χ2n) is 5.52. The molecule has 0 spiro atoms. The number of hydrogen-bond acceptors (Lipinski definition) is 4. The average Bonchev–Trinajstić information content (AvgIpc) is 2.48. The zero-order valence-electron chi connectivity index (χ0n) is 12.6. The molecule has 0 saturated carbocycles. The maximum atomic E-state index is 9.66. The zero-order valence-corrected chi connectivity index (χ0v) is 12.6. The van der Waals surface area contributed by atoms with Gasteiger partial charge in [-0.1, -0.05) is 19.1 Å². The summed E-state index contributed by atoms with van der Waals surface area (Å²) in [5, 5.41) is 9.66. The summed E-state index contributed by atoms with van der Waals surface area (Å²) in [5.41, 5.74) is 2.56. The molecular formula is C16H26N2O2. The van der Waals surface area contributed by atoms with Crippen LogP contribution in [0.3, 0.4) is 0 Å². The summed E-state index contributed by atoms with van der Waals surface area (Å²) in [6.07, 6.45) is 0.577. The van der Waals surface area contributed by atoms with E-state index >= 15 is 0 Å². The third-order valence-corrected chi connectivity index (χ3v) is 3.76. The highest BCUT2D eigenvalue weighted by atomic mass is 16.5. The van der Waals surface area contributed by atoms with E-state index in [2.05, 4.69) is 41.1 Å². The van der Waals surface area contributed by atoms with E-state index < -0.39 is 0 Å². The van der Waals surface area contributed by atoms with Crippen molar-refractivity contribution < 1.29 is 9.84 Å². The topological polar surface area (TPSA) is 35.9 Å². The Bertz CT molecular complexity index is 388. The molecule has 4 nitrogen and oxygen atoms in total. The van der Waals surface area contributed by atoms with Gasteiger partial charge in [-0.05, 0) is 31.2 Å². The first kappa shape index (κ1) is 15.3. The minimum atomic E-state index is -0.229. The Balaban J connectivity index is 1.87. The highest BCUT2D eigenvalue weighted by Gasteiger charge is 2.11. The minimum Gasteiger partial charge on any atom is -0.392 e. The van der Waals surface area contributed by atoms with Crippen molar-refractivity contribution in [2.75, 3.05) is 44.8 Å². The van der Waals surface area contributed by atoms with E-state index in [9.17, 15) is 5.11 Å². The molecular weight excluding hydrogens is 252 g/mol. The van der Waals surface area contributed by atoms with Crippen LogP contribution in [0.5, 0.6) is 0 Å². The van der Waals surface area contributed by atoms with Gasteiger partial charge in [0.05, 0.1) is 19.3 Å². The van der Waals surface area contributed by atoms with Gasteiger partial charge in [-0.3, -0.25) is 4.90 Å². The third kappa shape index (κ3) is 4.47. The molecule has 1 aromatic rings. The Hall–Kier alpha value is -1.10. The first-order valence-corrected chi connectivity index (χ1v) is 7.47. The van der Waals surface area contributed by atoms with Crippen molar-refractivity contribution in [1.29, 1.82) is 0 Å². The van der Waals surface area contributed by atoms with Crippen molar-refractivity contribution >= 4 is 5.69 Å². The summed E-state index contributed by atoms with van der Waals surface area (Å²) < 4.78 is 5.37. The lowest BCUT2D eigenvalue weighted by atomic mass is 10.1. The van der Waals surface area contributed by atoms with Gasteiger partial charge < -0.3 is 14.7 Å². The molecule has 0 amide bonds. The molecule has 1 N–H and O–H groups in total. The smallest absolute Gasteiger partial charge is 0.0664 e. The molecule has 1 atom stereocenters. The number of hydrogen-bond donors (Lipinski definition) is 1. The van der Waals surface area contributed by atoms with Crippen molar-refractivity contribution in [2.45, 2.75) is 26.0 Å². The van der Waals surface area contributed by atoms with Gasteiger partial charge in [0.1, 0.15) is 0 Å². The summed E-state index contributed by atoms with van der Waals surface area (Å²) in [6, 6.07) is 8.73. The number of nitrogens with zero attached hydrogens (tertiary/aromatic N) is 2. The monoisotopic (exact) mass is 278 g/mol. The van der Waals surface area contributed by atoms with Crippen LogP contribution >= 0.6 is 0 Å². The predicted molar refractivity (Wildman–Crippen MR) is 82.1 cm³/mol. The van der Waals surface area contributed by atoms with Crippen LogP contribution in [0, 0.1) is 0 Å². The normalized spacial score (nSPS) is 17.5. The Labute approximate surface area is 122 Å². The quantitative estimate of drug-likeness (QED) is 0.859. The van der Waals surface area contributed by atoms with E-state index in [4.69, 9.17) is 4.74 Å². The van der Waals surface area contributed by atoms with Crippen molar-refractivity contribution in [2.24, 2.45) is 0 Å². The van der Waals surface area contributed by atoms with Gasteiger partial charge in [-0.15, -0.1) is 0 Å². The fourth-order valence-electron chi connectivity index (χ4n) is 2.50. The number of anilines is 1. The van der Waals surface area contributed by atoms with Crippen LogP contribution in [-0.2, 0) is 11.3 Å². The Morgan fingerprint density at radius 1 is 1.25 bits per heavy atom. The molecule has 0 radical (unpaired) electrons. The second-order valence-corrected chi connectivity index (χ2v) is 5.52. The number of likely N-dealkylation sites (N-methyl/N-ethyl adjacent to an activating group) is 1. The highest BCUT2D eigenvalue weighted by Crippen LogP contribution is 2.17. The number of benzene rings is 1. The van der Waals surface area contributed by atoms with Crippen LogP contribution in [0.25, 0.3) is 0 Å². The fourth-order valence-corrected chi connectivity index (χ4v) is 2.50. The summed E-state index contributed by atoms with van der Waals surface area (Å²) in [7, 11) is 2.05. The lowest BCUT2D eigenvalue weighted by molar-refractivity contribution is 0.119. The predicted octanol–water partition coefficient (Wildman–Crippen LogP) is 1.73. The Kier molecular flexibility index (Phi) is 5.83. The average molecular weight is 278 g/mol. The van der Waals surface area contributed by atoms with Crippen molar-refractivity contribution in [3.05, 3.63) is 29.8 Å². The summed E-state index contributed by atoms with van der Waals surface area (Å²) in [4.78, 5) is 4.52. The second kappa shape index (κ2) is 7.62. The molecule has 4 heteroatoms. The van der Waals surface area contributed by atoms with E-state index in [0.29, 0.717) is 0 Å². The van der Waals surface area contributed by atoms with Crippen LogP contribution in [0.1, 0.15) is 18.9 Å². The van der Waals surface area contributed by atoms with Gasteiger partial charge in [0.15, 0.2) is 0 Å². The molecule has 1 fully saturated rings. The number of rotatable bonds is 6. The van der Waals surface area contributed by atoms with E-state index in [0.717, 1.165) is 45.8 Å². The first-order valence-electron chi connectivity index (χ1n) is 7.47. The summed E-state index contributed by atoms with van der Waals surface area (Å²) in [5.74, 6) is 0. The maximum Gasteiger partial charge on any atom is 0.0664 e. The van der Waals surface area contributed by atoms with Crippen LogP contribution in [0.4, 0.5) is 5.69 Å². The molecule has 1 aliphatic rings. The van der Waals surface area contributed by atoms with Gasteiger partial charge >= 0.3 is 0 Å². The standard InChI is InChI=1S/C16H26N2O2/c1-3-16(19)13-17(2)12-14-4-6-15(7-5-14)18-8-10-20-11-9-18/h4-7,16,19H,3,8-13H2,1-2H3/t16-/m1/s1. The first-order chi connectivity index (χ1) is 9.69. The largest absolute Gasteiger partial charge is 0.392 e. The number of aliphatic hydroxyl groups is 1. The molecule has 0 unspecified atom stereocenters. The van der Waals surface area contributed by atoms with Crippen LogP contribution in [0.2, 0.25) is 0 Å². The lowest BCUT2D eigenvalue weighted by Crippen LogP contribution is -2.36. The summed E-state index contributed by atoms with van der Waals surface area (Å²) >= 11 is 0. The molecule has 2 rings (SSSR count). The Morgan fingerprint density at radius 3 is 2.50 bits per heavy atom. The van der Waals surface area contributed by atoms with Crippen molar-refractivity contribution in [3.63, 3.8) is 0 Å².